The fraction of sp³-hybridized carbons (Fsp3) is 0.350. The number of fused-ring (bicyclic) bond motifs is 1. The Hall–Kier alpha value is -1.83. The van der Waals surface area contributed by atoms with Crippen molar-refractivity contribution in [2.24, 2.45) is 0 Å². The quantitative estimate of drug-likeness (QED) is 0.716. The van der Waals surface area contributed by atoms with Crippen LogP contribution in [-0.4, -0.2) is 20.6 Å². The molecule has 144 valence electrons. The van der Waals surface area contributed by atoms with Crippen LogP contribution in [0.1, 0.15) is 43.0 Å². The molecule has 1 aliphatic carbocycles. The third-order valence-electron chi connectivity index (χ3n) is 4.75. The van der Waals surface area contributed by atoms with Crippen molar-refractivity contribution in [3.63, 3.8) is 0 Å². The zero-order valence-electron chi connectivity index (χ0n) is 15.7. The first-order valence-corrected chi connectivity index (χ1v) is 11.6. The molecule has 0 spiro atoms. The van der Waals surface area contributed by atoms with Crippen molar-refractivity contribution < 1.29 is 13.2 Å². The molecule has 0 saturated heterocycles. The van der Waals surface area contributed by atoms with Crippen molar-refractivity contribution in [2.75, 3.05) is 11.6 Å². The van der Waals surface area contributed by atoms with Gasteiger partial charge in [0.1, 0.15) is 0 Å². The van der Waals surface area contributed by atoms with E-state index < -0.39 is 10.0 Å². The molecule has 2 aromatic rings. The number of carbonyl (C=O) groups excluding carboxylic acids is 1. The Morgan fingerprint density at radius 3 is 2.56 bits per heavy atom. The monoisotopic (exact) mass is 404 g/mol. The fourth-order valence-corrected chi connectivity index (χ4v) is 5.16. The number of amides is 1. The Morgan fingerprint density at radius 2 is 1.85 bits per heavy atom. The van der Waals surface area contributed by atoms with E-state index in [1.165, 1.54) is 35.9 Å². The van der Waals surface area contributed by atoms with Gasteiger partial charge in [-0.1, -0.05) is 18.2 Å². The number of sulfonamides is 1. The maximum atomic E-state index is 12.9. The Kier molecular flexibility index (Phi) is 5.93. The second-order valence-corrected chi connectivity index (χ2v) is 9.33. The molecule has 0 saturated carbocycles. The molecular formula is C20H24N2O3S2. The van der Waals surface area contributed by atoms with Crippen LogP contribution in [0.2, 0.25) is 0 Å². The molecule has 3 rings (SSSR count). The predicted molar refractivity (Wildman–Crippen MR) is 110 cm³/mol. The topological polar surface area (TPSA) is 75.3 Å². The van der Waals surface area contributed by atoms with Crippen molar-refractivity contribution in [1.82, 2.24) is 4.72 Å². The lowest BCUT2D eigenvalue weighted by Gasteiger charge is -2.17. The van der Waals surface area contributed by atoms with Crippen LogP contribution in [0.4, 0.5) is 5.69 Å². The van der Waals surface area contributed by atoms with E-state index in [1.807, 2.05) is 19.2 Å². The number of hydrogen-bond donors (Lipinski definition) is 2. The van der Waals surface area contributed by atoms with E-state index in [4.69, 9.17) is 0 Å². The minimum atomic E-state index is -3.72. The van der Waals surface area contributed by atoms with Crippen molar-refractivity contribution in [3.8, 4) is 0 Å². The second-order valence-electron chi connectivity index (χ2n) is 6.77. The highest BCUT2D eigenvalue weighted by atomic mass is 32.2. The van der Waals surface area contributed by atoms with Gasteiger partial charge in [0, 0.05) is 17.9 Å². The molecule has 0 radical (unpaired) electrons. The summed E-state index contributed by atoms with van der Waals surface area (Å²) in [6, 6.07) is 10.6. The molecule has 7 heteroatoms. The molecule has 0 fully saturated rings. The molecule has 0 bridgehead atoms. The van der Waals surface area contributed by atoms with E-state index in [0.717, 1.165) is 29.7 Å². The van der Waals surface area contributed by atoms with Crippen LogP contribution in [0, 0.1) is 0 Å². The van der Waals surface area contributed by atoms with Crippen LogP contribution in [0.5, 0.6) is 0 Å². The third kappa shape index (κ3) is 4.54. The first kappa shape index (κ1) is 19.9. The number of nitrogens with one attached hydrogen (secondary N) is 2. The van der Waals surface area contributed by atoms with Gasteiger partial charge in [0.25, 0.3) is 0 Å². The van der Waals surface area contributed by atoms with Crippen LogP contribution in [0.25, 0.3) is 0 Å². The molecule has 27 heavy (non-hydrogen) atoms. The molecule has 1 atom stereocenters. The van der Waals surface area contributed by atoms with Gasteiger partial charge in [-0.25, -0.2) is 13.1 Å². The highest BCUT2D eigenvalue weighted by molar-refractivity contribution is 7.98. The highest BCUT2D eigenvalue weighted by Crippen LogP contribution is 2.30. The predicted octanol–water partition coefficient (Wildman–Crippen LogP) is 3.90. The molecule has 0 heterocycles. The van der Waals surface area contributed by atoms with Crippen LogP contribution in [0.3, 0.4) is 0 Å². The fourth-order valence-electron chi connectivity index (χ4n) is 3.37. The average molecular weight is 405 g/mol. The molecule has 5 nitrogen and oxygen atoms in total. The van der Waals surface area contributed by atoms with Gasteiger partial charge in [0.2, 0.25) is 15.9 Å². The first-order valence-electron chi connectivity index (χ1n) is 8.90. The highest BCUT2D eigenvalue weighted by Gasteiger charge is 2.21. The molecule has 0 aliphatic heterocycles. The minimum Gasteiger partial charge on any atom is -0.325 e. The number of aryl methyl sites for hydroxylation is 2. The van der Waals surface area contributed by atoms with Gasteiger partial charge in [0.15, 0.2) is 0 Å². The summed E-state index contributed by atoms with van der Waals surface area (Å²) in [4.78, 5) is 12.4. The standard InChI is InChI=1S/C20H24N2O3S2/c1-13(16-8-7-15-5-4-6-17(15)11-16)22-27(24,25)18-9-10-20(26-3)19(12-18)21-14(2)23/h7-13,22H,4-6H2,1-3H3,(H,21,23)/t13-/m1/s1. The smallest absolute Gasteiger partial charge is 0.241 e. The summed E-state index contributed by atoms with van der Waals surface area (Å²) in [6.45, 7) is 3.25. The van der Waals surface area contributed by atoms with E-state index in [-0.39, 0.29) is 16.8 Å². The molecule has 2 aromatic carbocycles. The van der Waals surface area contributed by atoms with Gasteiger partial charge < -0.3 is 5.32 Å². The Balaban J connectivity index is 1.84. The zero-order chi connectivity index (χ0) is 19.6. The van der Waals surface area contributed by atoms with E-state index in [9.17, 15) is 13.2 Å². The molecule has 0 unspecified atom stereocenters. The number of hydrogen-bond acceptors (Lipinski definition) is 4. The minimum absolute atomic E-state index is 0.136. The number of thioether (sulfide) groups is 1. The van der Waals surface area contributed by atoms with Crippen molar-refractivity contribution in [3.05, 3.63) is 53.1 Å². The summed E-state index contributed by atoms with van der Waals surface area (Å²) in [7, 11) is -3.72. The second kappa shape index (κ2) is 8.04. The first-order chi connectivity index (χ1) is 12.8. The Labute approximate surface area is 165 Å². The number of rotatable bonds is 6. The van der Waals surface area contributed by atoms with Gasteiger partial charge in [-0.2, -0.15) is 0 Å². The lowest BCUT2D eigenvalue weighted by molar-refractivity contribution is -0.114. The van der Waals surface area contributed by atoms with Gasteiger partial charge >= 0.3 is 0 Å². The van der Waals surface area contributed by atoms with E-state index in [0.29, 0.717) is 5.69 Å². The molecule has 1 aliphatic rings. The van der Waals surface area contributed by atoms with E-state index >= 15 is 0 Å². The van der Waals surface area contributed by atoms with Crippen LogP contribution < -0.4 is 10.0 Å². The van der Waals surface area contributed by atoms with Gasteiger partial charge in [-0.05, 0) is 67.3 Å². The summed E-state index contributed by atoms with van der Waals surface area (Å²) in [5, 5.41) is 2.70. The average Bonchev–Trinajstić information content (AvgIpc) is 3.08. The molecule has 0 aromatic heterocycles. The van der Waals surface area contributed by atoms with E-state index in [2.05, 4.69) is 22.2 Å². The number of anilines is 1. The van der Waals surface area contributed by atoms with Crippen molar-refractivity contribution in [1.29, 1.82) is 0 Å². The maximum absolute atomic E-state index is 12.9. The van der Waals surface area contributed by atoms with Crippen molar-refractivity contribution >= 4 is 33.4 Å². The van der Waals surface area contributed by atoms with Crippen LogP contribution in [-0.2, 0) is 27.7 Å². The van der Waals surface area contributed by atoms with Gasteiger partial charge in [-0.15, -0.1) is 11.8 Å². The Morgan fingerprint density at radius 1 is 1.11 bits per heavy atom. The normalized spacial score (nSPS) is 14.6. The Bertz CT molecular complexity index is 971. The van der Waals surface area contributed by atoms with Gasteiger partial charge in [-0.3, -0.25) is 4.79 Å². The number of benzene rings is 2. The maximum Gasteiger partial charge on any atom is 0.241 e. The third-order valence-corrected chi connectivity index (χ3v) is 7.08. The largest absolute Gasteiger partial charge is 0.325 e. The van der Waals surface area contributed by atoms with Gasteiger partial charge in [0.05, 0.1) is 10.6 Å². The van der Waals surface area contributed by atoms with E-state index in [1.54, 1.807) is 12.1 Å². The number of carbonyl (C=O) groups is 1. The summed E-state index contributed by atoms with van der Waals surface area (Å²) >= 11 is 1.45. The molecule has 1 amide bonds. The van der Waals surface area contributed by atoms with Crippen LogP contribution in [0.15, 0.2) is 46.2 Å². The summed E-state index contributed by atoms with van der Waals surface area (Å²) < 4.78 is 28.5. The molecular weight excluding hydrogens is 380 g/mol. The lowest BCUT2D eigenvalue weighted by atomic mass is 10.0. The van der Waals surface area contributed by atoms with Crippen LogP contribution >= 0.6 is 11.8 Å². The van der Waals surface area contributed by atoms with Crippen molar-refractivity contribution in [2.45, 2.75) is 48.9 Å². The summed E-state index contributed by atoms with van der Waals surface area (Å²) in [5.74, 6) is -0.237. The summed E-state index contributed by atoms with van der Waals surface area (Å²) in [6.07, 6.45) is 5.19. The lowest BCUT2D eigenvalue weighted by Crippen LogP contribution is -2.27. The zero-order valence-corrected chi connectivity index (χ0v) is 17.3. The molecule has 2 N–H and O–H groups in total. The summed E-state index contributed by atoms with van der Waals surface area (Å²) in [5.41, 5.74) is 4.14. The SMILES string of the molecule is CSc1ccc(S(=O)(=O)N[C@H](C)c2ccc3c(c2)CCC3)cc1NC(C)=O.